The van der Waals surface area contributed by atoms with Crippen molar-refractivity contribution < 1.29 is 0 Å². The van der Waals surface area contributed by atoms with Gasteiger partial charge in [0.05, 0.1) is 35.3 Å². The Balaban J connectivity index is 1.60. The molecule has 3 aromatic heterocycles. The minimum atomic E-state index is -0.206. The Morgan fingerprint density at radius 2 is 1.94 bits per heavy atom. The highest BCUT2D eigenvalue weighted by Crippen LogP contribution is 2.21. The fourth-order valence-electron chi connectivity index (χ4n) is 3.41. The van der Waals surface area contributed by atoms with Crippen molar-refractivity contribution in [1.82, 2.24) is 24.5 Å². The van der Waals surface area contributed by atoms with E-state index in [0.29, 0.717) is 16.9 Å². The summed E-state index contributed by atoms with van der Waals surface area (Å²) in [5, 5.41) is 16.5. The van der Waals surface area contributed by atoms with E-state index in [9.17, 15) is 4.79 Å². The van der Waals surface area contributed by atoms with E-state index in [1.165, 1.54) is 4.68 Å². The van der Waals surface area contributed by atoms with Crippen LogP contribution in [0.25, 0.3) is 28.2 Å². The highest BCUT2D eigenvalue weighted by atomic mass is 16.1. The number of rotatable bonds is 6. The largest absolute Gasteiger partial charge is 0.293 e. The molecule has 0 bridgehead atoms. The van der Waals surface area contributed by atoms with Gasteiger partial charge < -0.3 is 0 Å². The predicted octanol–water partition coefficient (Wildman–Crippen LogP) is 4.74. The third kappa shape index (κ3) is 4.36. The van der Waals surface area contributed by atoms with E-state index in [4.69, 9.17) is 5.26 Å². The second-order valence-electron chi connectivity index (χ2n) is 7.40. The Morgan fingerprint density at radius 1 is 1.15 bits per heavy atom. The number of benzene rings is 1. The SMILES string of the molecule is C=C(/C=C\C=C/C)c1cnn(-c2ccc(-n3[nH]c(C)c(-c4ccc(C#N)cc4)c3=O)nc2)c1. The number of pyridine rings is 1. The maximum atomic E-state index is 13.1. The van der Waals surface area contributed by atoms with Gasteiger partial charge in [-0.1, -0.05) is 43.0 Å². The fraction of sp³-hybridized carbons (Fsp3) is 0.0769. The number of hydrogen-bond acceptors (Lipinski definition) is 4. The molecule has 0 fully saturated rings. The molecule has 1 aromatic carbocycles. The summed E-state index contributed by atoms with van der Waals surface area (Å²) in [6.45, 7) is 7.86. The zero-order chi connectivity index (χ0) is 23.4. The standard InChI is InChI=1S/C26H22N6O/c1-4-5-6-7-18(2)22-15-29-31(17-22)23-12-13-24(28-16-23)32-26(33)25(19(3)30-32)21-10-8-20(14-27)9-11-21/h4-13,15-17,30H,2H2,1,3H3/b5-4-,7-6-. The number of hydrogen-bond donors (Lipinski definition) is 1. The first-order valence-corrected chi connectivity index (χ1v) is 10.3. The summed E-state index contributed by atoms with van der Waals surface area (Å²) >= 11 is 0. The summed E-state index contributed by atoms with van der Waals surface area (Å²) in [4.78, 5) is 17.5. The molecule has 3 heterocycles. The van der Waals surface area contributed by atoms with Gasteiger partial charge in [-0.05, 0) is 49.2 Å². The summed E-state index contributed by atoms with van der Waals surface area (Å²) in [5.74, 6) is 0.470. The smallest absolute Gasteiger partial charge is 0.280 e. The van der Waals surface area contributed by atoms with Crippen LogP contribution in [0.5, 0.6) is 0 Å². The molecule has 0 radical (unpaired) electrons. The zero-order valence-electron chi connectivity index (χ0n) is 18.4. The van der Waals surface area contributed by atoms with Crippen molar-refractivity contribution in [3.63, 3.8) is 0 Å². The first-order chi connectivity index (χ1) is 16.0. The van der Waals surface area contributed by atoms with Crippen LogP contribution < -0.4 is 5.56 Å². The van der Waals surface area contributed by atoms with Crippen LogP contribution in [0.2, 0.25) is 0 Å². The van der Waals surface area contributed by atoms with Crippen LogP contribution in [0, 0.1) is 18.3 Å². The van der Waals surface area contributed by atoms with Crippen LogP contribution in [0.3, 0.4) is 0 Å². The van der Waals surface area contributed by atoms with Crippen LogP contribution >= 0.6 is 0 Å². The molecule has 0 aliphatic rings. The molecule has 7 nitrogen and oxygen atoms in total. The number of nitriles is 1. The number of aryl methyl sites for hydroxylation is 1. The number of aromatic amines is 1. The van der Waals surface area contributed by atoms with Crippen molar-refractivity contribution in [2.45, 2.75) is 13.8 Å². The van der Waals surface area contributed by atoms with Crippen LogP contribution in [0.1, 0.15) is 23.7 Å². The molecular weight excluding hydrogens is 412 g/mol. The first-order valence-electron chi connectivity index (χ1n) is 10.3. The summed E-state index contributed by atoms with van der Waals surface area (Å²) in [6.07, 6.45) is 13.0. The maximum absolute atomic E-state index is 13.1. The molecule has 0 aliphatic heterocycles. The Hall–Kier alpha value is -4.70. The van der Waals surface area contributed by atoms with Crippen molar-refractivity contribution in [2.24, 2.45) is 0 Å². The summed E-state index contributed by atoms with van der Waals surface area (Å²) in [6, 6.07) is 12.6. The van der Waals surface area contributed by atoms with E-state index in [-0.39, 0.29) is 5.56 Å². The number of allylic oxidation sites excluding steroid dienone is 5. The van der Waals surface area contributed by atoms with E-state index >= 15 is 0 Å². The molecule has 1 N–H and O–H groups in total. The Morgan fingerprint density at radius 3 is 2.61 bits per heavy atom. The maximum Gasteiger partial charge on any atom is 0.280 e. The van der Waals surface area contributed by atoms with Crippen LogP contribution in [0.15, 0.2) is 90.7 Å². The lowest BCUT2D eigenvalue weighted by molar-refractivity contribution is 0.800. The van der Waals surface area contributed by atoms with Gasteiger partial charge in [0.15, 0.2) is 5.82 Å². The normalized spacial score (nSPS) is 11.3. The molecule has 162 valence electrons. The van der Waals surface area contributed by atoms with Gasteiger partial charge in [-0.3, -0.25) is 9.89 Å². The lowest BCUT2D eigenvalue weighted by Gasteiger charge is -2.04. The van der Waals surface area contributed by atoms with Gasteiger partial charge in [0.1, 0.15) is 0 Å². The zero-order valence-corrected chi connectivity index (χ0v) is 18.4. The van der Waals surface area contributed by atoms with Crippen molar-refractivity contribution in [1.29, 1.82) is 5.26 Å². The molecule has 0 unspecified atom stereocenters. The van der Waals surface area contributed by atoms with E-state index in [0.717, 1.165) is 28.1 Å². The molecule has 0 saturated carbocycles. The quantitative estimate of drug-likeness (QED) is 0.444. The van der Waals surface area contributed by atoms with Crippen LogP contribution in [-0.4, -0.2) is 24.5 Å². The fourth-order valence-corrected chi connectivity index (χ4v) is 3.41. The molecule has 4 rings (SSSR count). The number of nitrogens with zero attached hydrogens (tertiary/aromatic N) is 5. The molecule has 0 spiro atoms. The van der Waals surface area contributed by atoms with Crippen molar-refractivity contribution in [3.8, 4) is 28.7 Å². The van der Waals surface area contributed by atoms with E-state index in [1.807, 2.05) is 50.4 Å². The molecule has 7 heteroatoms. The first kappa shape index (κ1) is 21.5. The van der Waals surface area contributed by atoms with Gasteiger partial charge in [0, 0.05) is 17.5 Å². The van der Waals surface area contributed by atoms with Gasteiger partial charge in [0.2, 0.25) is 0 Å². The van der Waals surface area contributed by atoms with E-state index < -0.39 is 0 Å². The van der Waals surface area contributed by atoms with Crippen molar-refractivity contribution in [3.05, 3.63) is 113 Å². The monoisotopic (exact) mass is 434 g/mol. The number of H-pyrrole nitrogens is 1. The van der Waals surface area contributed by atoms with E-state index in [2.05, 4.69) is 27.8 Å². The van der Waals surface area contributed by atoms with Gasteiger partial charge in [-0.25, -0.2) is 14.3 Å². The highest BCUT2D eigenvalue weighted by molar-refractivity contribution is 5.71. The Kier molecular flexibility index (Phi) is 6.00. The topological polar surface area (TPSA) is 92.3 Å². The van der Waals surface area contributed by atoms with Gasteiger partial charge in [-0.2, -0.15) is 10.4 Å². The van der Waals surface area contributed by atoms with Gasteiger partial charge in [-0.15, -0.1) is 0 Å². The second-order valence-corrected chi connectivity index (χ2v) is 7.40. The third-order valence-corrected chi connectivity index (χ3v) is 5.15. The Bertz CT molecular complexity index is 1450. The van der Waals surface area contributed by atoms with Gasteiger partial charge in [0.25, 0.3) is 5.56 Å². The lowest BCUT2D eigenvalue weighted by atomic mass is 10.1. The van der Waals surface area contributed by atoms with E-state index in [1.54, 1.807) is 47.4 Å². The summed E-state index contributed by atoms with van der Waals surface area (Å²) in [5.41, 5.74) is 4.88. The second kappa shape index (κ2) is 9.20. The number of nitrogens with one attached hydrogen (secondary N) is 1. The molecule has 4 aromatic rings. The average molecular weight is 435 g/mol. The third-order valence-electron chi connectivity index (χ3n) is 5.15. The molecule has 33 heavy (non-hydrogen) atoms. The Labute approximate surface area is 191 Å². The van der Waals surface area contributed by atoms with Crippen molar-refractivity contribution in [2.75, 3.05) is 0 Å². The molecule has 0 amide bonds. The minimum Gasteiger partial charge on any atom is -0.293 e. The van der Waals surface area contributed by atoms with Gasteiger partial charge >= 0.3 is 0 Å². The molecule has 0 atom stereocenters. The predicted molar refractivity (Wildman–Crippen MR) is 129 cm³/mol. The molecular formula is C26H22N6O. The summed E-state index contributed by atoms with van der Waals surface area (Å²) in [7, 11) is 0. The minimum absolute atomic E-state index is 0.206. The van der Waals surface area contributed by atoms with Crippen LogP contribution in [0.4, 0.5) is 0 Å². The lowest BCUT2D eigenvalue weighted by Crippen LogP contribution is -2.17. The number of aromatic nitrogens is 5. The average Bonchev–Trinajstić information content (AvgIpc) is 3.44. The molecule has 0 aliphatic carbocycles. The summed E-state index contributed by atoms with van der Waals surface area (Å²) < 4.78 is 3.13. The van der Waals surface area contributed by atoms with Crippen molar-refractivity contribution >= 4 is 5.57 Å². The highest BCUT2D eigenvalue weighted by Gasteiger charge is 2.15. The van der Waals surface area contributed by atoms with Crippen LogP contribution in [-0.2, 0) is 0 Å². The molecule has 0 saturated heterocycles.